The van der Waals surface area contributed by atoms with Gasteiger partial charge in [-0.25, -0.2) is 0 Å². The molecule has 0 bridgehead atoms. The van der Waals surface area contributed by atoms with Crippen molar-refractivity contribution in [1.29, 1.82) is 0 Å². The molecule has 29 heavy (non-hydrogen) atoms. The Morgan fingerprint density at radius 3 is 2.10 bits per heavy atom. The molecule has 0 N–H and O–H groups in total. The van der Waals surface area contributed by atoms with E-state index in [-0.39, 0.29) is 11.8 Å². The van der Waals surface area contributed by atoms with Crippen molar-refractivity contribution in [1.82, 2.24) is 9.47 Å². The molecule has 0 aliphatic rings. The molecular formula is C23H25N3O2S. The van der Waals surface area contributed by atoms with E-state index in [0.717, 1.165) is 21.7 Å². The van der Waals surface area contributed by atoms with Crippen LogP contribution in [0.5, 0.6) is 0 Å². The zero-order chi connectivity index (χ0) is 21.1. The Morgan fingerprint density at radius 1 is 0.931 bits per heavy atom. The number of thiazole rings is 1. The number of nitrogens with zero attached hydrogens (tertiary/aromatic N) is 3. The summed E-state index contributed by atoms with van der Waals surface area (Å²) in [6.45, 7) is 6.64. The van der Waals surface area contributed by atoms with Crippen molar-refractivity contribution in [2.24, 2.45) is 4.99 Å². The third kappa shape index (κ3) is 4.71. The van der Waals surface area contributed by atoms with Gasteiger partial charge in [0.15, 0.2) is 4.80 Å². The highest BCUT2D eigenvalue weighted by Crippen LogP contribution is 2.14. The molecular weight excluding hydrogens is 382 g/mol. The molecule has 0 aliphatic carbocycles. The molecule has 0 spiro atoms. The summed E-state index contributed by atoms with van der Waals surface area (Å²) in [5, 5.41) is 0. The van der Waals surface area contributed by atoms with Gasteiger partial charge in [0, 0.05) is 35.8 Å². The molecule has 2 amide bonds. The molecule has 0 fully saturated rings. The van der Waals surface area contributed by atoms with Crippen LogP contribution in [0.25, 0.3) is 0 Å². The van der Waals surface area contributed by atoms with Crippen LogP contribution in [0.3, 0.4) is 0 Å². The van der Waals surface area contributed by atoms with Crippen molar-refractivity contribution in [3.63, 3.8) is 0 Å². The second-order valence-electron chi connectivity index (χ2n) is 7.29. The summed E-state index contributed by atoms with van der Waals surface area (Å²) in [5.74, 6) is -0.266. The van der Waals surface area contributed by atoms with E-state index in [1.165, 1.54) is 11.3 Å². The van der Waals surface area contributed by atoms with E-state index in [1.54, 1.807) is 31.1 Å². The van der Waals surface area contributed by atoms with Crippen LogP contribution in [0.4, 0.5) is 0 Å². The Kier molecular flexibility index (Phi) is 6.13. The first-order valence-corrected chi connectivity index (χ1v) is 10.2. The molecule has 0 radical (unpaired) electrons. The van der Waals surface area contributed by atoms with Gasteiger partial charge in [-0.1, -0.05) is 29.8 Å². The average molecular weight is 408 g/mol. The van der Waals surface area contributed by atoms with Crippen molar-refractivity contribution >= 4 is 23.2 Å². The normalized spacial score (nSPS) is 11.6. The highest BCUT2D eigenvalue weighted by molar-refractivity contribution is 7.09. The fourth-order valence-corrected chi connectivity index (χ4v) is 3.88. The lowest BCUT2D eigenvalue weighted by Crippen LogP contribution is -2.22. The van der Waals surface area contributed by atoms with Crippen LogP contribution in [0.1, 0.15) is 42.4 Å². The Balaban J connectivity index is 1.91. The van der Waals surface area contributed by atoms with Crippen LogP contribution in [-0.2, 0) is 6.54 Å². The van der Waals surface area contributed by atoms with E-state index in [2.05, 4.69) is 9.56 Å². The van der Waals surface area contributed by atoms with Crippen molar-refractivity contribution in [3.8, 4) is 0 Å². The molecule has 6 heteroatoms. The maximum atomic E-state index is 12.6. The molecule has 0 saturated carbocycles. The fourth-order valence-electron chi connectivity index (χ4n) is 2.91. The van der Waals surface area contributed by atoms with Gasteiger partial charge < -0.3 is 9.47 Å². The van der Waals surface area contributed by atoms with Crippen LogP contribution < -0.4 is 4.80 Å². The first-order valence-electron chi connectivity index (χ1n) is 9.39. The third-order valence-corrected chi connectivity index (χ3v) is 5.93. The minimum atomic E-state index is -0.244. The minimum Gasteiger partial charge on any atom is -0.345 e. The number of hydrogen-bond acceptors (Lipinski definition) is 3. The predicted molar refractivity (Wildman–Crippen MR) is 116 cm³/mol. The lowest BCUT2D eigenvalue weighted by molar-refractivity contribution is 0.0827. The SMILES string of the molecule is Cc1ccc(C(=O)N=c2sc(C)c(C)n2Cc2ccc(C(=O)N(C)C)cc2)cc1. The molecule has 3 rings (SSSR count). The molecule has 0 aliphatic heterocycles. The molecule has 0 saturated heterocycles. The number of carbonyl (C=O) groups excluding carboxylic acids is 2. The van der Waals surface area contributed by atoms with Gasteiger partial charge in [-0.2, -0.15) is 4.99 Å². The largest absolute Gasteiger partial charge is 0.345 e. The smallest absolute Gasteiger partial charge is 0.279 e. The van der Waals surface area contributed by atoms with Gasteiger partial charge >= 0.3 is 0 Å². The number of rotatable bonds is 4. The number of amides is 2. The summed E-state index contributed by atoms with van der Waals surface area (Å²) in [6, 6.07) is 15.0. The lowest BCUT2D eigenvalue weighted by atomic mass is 10.1. The standard InChI is InChI=1S/C23H25N3O2S/c1-15-6-10-19(11-7-15)21(27)24-23-26(16(2)17(3)29-23)14-18-8-12-20(13-9-18)22(28)25(4)5/h6-13H,14H2,1-5H3. The van der Waals surface area contributed by atoms with Crippen molar-refractivity contribution in [2.45, 2.75) is 27.3 Å². The van der Waals surface area contributed by atoms with E-state index in [9.17, 15) is 9.59 Å². The van der Waals surface area contributed by atoms with Crippen LogP contribution in [0.15, 0.2) is 53.5 Å². The topological polar surface area (TPSA) is 54.7 Å². The molecule has 150 valence electrons. The Morgan fingerprint density at radius 2 is 1.52 bits per heavy atom. The van der Waals surface area contributed by atoms with Crippen LogP contribution in [-0.4, -0.2) is 35.4 Å². The minimum absolute atomic E-state index is 0.0221. The van der Waals surface area contributed by atoms with Gasteiger partial charge in [0.1, 0.15) is 0 Å². The summed E-state index contributed by atoms with van der Waals surface area (Å²) in [5.41, 5.74) is 4.47. The summed E-state index contributed by atoms with van der Waals surface area (Å²) >= 11 is 1.51. The van der Waals surface area contributed by atoms with Crippen LogP contribution in [0.2, 0.25) is 0 Å². The summed E-state index contributed by atoms with van der Waals surface area (Å²) < 4.78 is 2.05. The van der Waals surface area contributed by atoms with Crippen LogP contribution >= 0.6 is 11.3 Å². The first-order chi connectivity index (χ1) is 13.8. The summed E-state index contributed by atoms with van der Waals surface area (Å²) in [7, 11) is 3.48. The van der Waals surface area contributed by atoms with Gasteiger partial charge in [0.2, 0.25) is 0 Å². The third-order valence-electron chi connectivity index (χ3n) is 4.83. The maximum absolute atomic E-state index is 12.6. The average Bonchev–Trinajstić information content (AvgIpc) is 2.95. The monoisotopic (exact) mass is 407 g/mol. The van der Waals surface area contributed by atoms with Crippen molar-refractivity contribution < 1.29 is 9.59 Å². The highest BCUT2D eigenvalue weighted by atomic mass is 32.1. The summed E-state index contributed by atoms with van der Waals surface area (Å²) in [4.78, 5) is 32.4. The highest BCUT2D eigenvalue weighted by Gasteiger charge is 2.11. The fraction of sp³-hybridized carbons (Fsp3) is 0.261. The Labute approximate surface area is 175 Å². The van der Waals surface area contributed by atoms with Gasteiger partial charge in [-0.3, -0.25) is 9.59 Å². The molecule has 3 aromatic rings. The van der Waals surface area contributed by atoms with Gasteiger partial charge in [-0.05, 0) is 50.6 Å². The van der Waals surface area contributed by atoms with Crippen LogP contribution in [0, 0.1) is 20.8 Å². The second-order valence-corrected chi connectivity index (χ2v) is 8.47. The Bertz CT molecular complexity index is 1100. The zero-order valence-electron chi connectivity index (χ0n) is 17.4. The number of aryl methyl sites for hydroxylation is 2. The number of aromatic nitrogens is 1. The van der Waals surface area contributed by atoms with E-state index in [1.807, 2.05) is 57.2 Å². The zero-order valence-corrected chi connectivity index (χ0v) is 18.2. The Hall–Kier alpha value is -2.99. The molecule has 0 atom stereocenters. The van der Waals surface area contributed by atoms with Gasteiger partial charge in [0.25, 0.3) is 11.8 Å². The van der Waals surface area contributed by atoms with Gasteiger partial charge in [-0.15, -0.1) is 11.3 Å². The van der Waals surface area contributed by atoms with Crippen molar-refractivity contribution in [3.05, 3.63) is 86.2 Å². The number of hydrogen-bond donors (Lipinski definition) is 0. The molecule has 0 unspecified atom stereocenters. The lowest BCUT2D eigenvalue weighted by Gasteiger charge is -2.11. The second kappa shape index (κ2) is 8.57. The number of benzene rings is 2. The molecule has 2 aromatic carbocycles. The summed E-state index contributed by atoms with van der Waals surface area (Å²) in [6.07, 6.45) is 0. The van der Waals surface area contributed by atoms with E-state index < -0.39 is 0 Å². The predicted octanol–water partition coefficient (Wildman–Crippen LogP) is 3.97. The van der Waals surface area contributed by atoms with E-state index in [4.69, 9.17) is 0 Å². The molecule has 1 heterocycles. The molecule has 5 nitrogen and oxygen atoms in total. The van der Waals surface area contributed by atoms with E-state index in [0.29, 0.717) is 22.5 Å². The van der Waals surface area contributed by atoms with E-state index >= 15 is 0 Å². The number of carbonyl (C=O) groups is 2. The maximum Gasteiger partial charge on any atom is 0.279 e. The van der Waals surface area contributed by atoms with Crippen molar-refractivity contribution in [2.75, 3.05) is 14.1 Å². The first kappa shape index (κ1) is 20.7. The van der Waals surface area contributed by atoms with Gasteiger partial charge in [0.05, 0.1) is 6.54 Å². The quantitative estimate of drug-likeness (QED) is 0.657. The molecule has 1 aromatic heterocycles.